The van der Waals surface area contributed by atoms with Crippen LogP contribution in [0.5, 0.6) is 5.75 Å². The predicted molar refractivity (Wildman–Crippen MR) is 100 cm³/mol. The summed E-state index contributed by atoms with van der Waals surface area (Å²) < 4.78 is 11.3. The van der Waals surface area contributed by atoms with E-state index in [0.717, 1.165) is 11.1 Å². The van der Waals surface area contributed by atoms with Crippen LogP contribution < -0.4 is 10.3 Å². The summed E-state index contributed by atoms with van der Waals surface area (Å²) in [6.07, 6.45) is 0. The van der Waals surface area contributed by atoms with E-state index in [1.165, 1.54) is 0 Å². The molecule has 2 aromatic heterocycles. The smallest absolute Gasteiger partial charge is 0.294 e. The number of nitrogens with one attached hydrogen (secondary N) is 1. The molecule has 0 bridgehead atoms. The number of aromatic amines is 1. The fourth-order valence-corrected chi connectivity index (χ4v) is 2.89. The average molecular weight is 349 g/mol. The number of para-hydroxylation sites is 2. The molecule has 0 saturated carbocycles. The minimum atomic E-state index is -0.255. The normalized spacial score (nSPS) is 11.5. The standard InChI is InChI=1S/C20H19N3O3/c1-23(11-12-25-14-7-3-2-4-8-14)13-17-21-18-15-9-5-6-10-16(15)26-19(18)20(24)22-17/h2-10H,11-13H2,1H3,(H,21,22,24). The first kappa shape index (κ1) is 16.4. The summed E-state index contributed by atoms with van der Waals surface area (Å²) in [7, 11) is 1.96. The van der Waals surface area contributed by atoms with Gasteiger partial charge in [-0.15, -0.1) is 0 Å². The summed E-state index contributed by atoms with van der Waals surface area (Å²) >= 11 is 0. The first-order valence-electron chi connectivity index (χ1n) is 8.47. The molecule has 2 heterocycles. The number of likely N-dealkylation sites (N-methyl/N-ethyl adjacent to an activating group) is 1. The zero-order valence-corrected chi connectivity index (χ0v) is 14.4. The van der Waals surface area contributed by atoms with Crippen molar-refractivity contribution in [3.8, 4) is 5.75 Å². The molecule has 0 aliphatic carbocycles. The maximum Gasteiger partial charge on any atom is 0.294 e. The van der Waals surface area contributed by atoms with Crippen molar-refractivity contribution in [3.63, 3.8) is 0 Å². The minimum Gasteiger partial charge on any atom is -0.492 e. The third kappa shape index (κ3) is 3.32. The Bertz CT molecular complexity index is 1090. The summed E-state index contributed by atoms with van der Waals surface area (Å²) in [6.45, 7) is 1.78. The van der Waals surface area contributed by atoms with Crippen molar-refractivity contribution < 1.29 is 9.15 Å². The van der Waals surface area contributed by atoms with Gasteiger partial charge in [-0.25, -0.2) is 4.98 Å². The van der Waals surface area contributed by atoms with E-state index in [0.29, 0.717) is 36.6 Å². The molecule has 0 saturated heterocycles. The molecule has 0 aliphatic heterocycles. The van der Waals surface area contributed by atoms with Crippen molar-refractivity contribution >= 4 is 22.1 Å². The molecule has 0 aliphatic rings. The highest BCUT2D eigenvalue weighted by Gasteiger charge is 2.13. The molecule has 0 amide bonds. The molecule has 0 fully saturated rings. The molecule has 0 spiro atoms. The second-order valence-electron chi connectivity index (χ2n) is 6.19. The Morgan fingerprint density at radius 2 is 1.88 bits per heavy atom. The zero-order valence-electron chi connectivity index (χ0n) is 14.4. The van der Waals surface area contributed by atoms with Crippen LogP contribution in [0.15, 0.2) is 63.8 Å². The summed E-state index contributed by atoms with van der Waals surface area (Å²) in [5.74, 6) is 1.45. The van der Waals surface area contributed by atoms with E-state index >= 15 is 0 Å². The number of ether oxygens (including phenoxy) is 1. The van der Waals surface area contributed by atoms with Gasteiger partial charge in [-0.1, -0.05) is 30.3 Å². The Morgan fingerprint density at radius 3 is 2.73 bits per heavy atom. The highest BCUT2D eigenvalue weighted by Crippen LogP contribution is 2.24. The third-order valence-corrected chi connectivity index (χ3v) is 4.18. The predicted octanol–water partition coefficient (Wildman–Crippen LogP) is 3.18. The Morgan fingerprint density at radius 1 is 1.12 bits per heavy atom. The number of H-pyrrole nitrogens is 1. The topological polar surface area (TPSA) is 71.4 Å². The highest BCUT2D eigenvalue weighted by atomic mass is 16.5. The van der Waals surface area contributed by atoms with Crippen LogP contribution >= 0.6 is 0 Å². The molecule has 1 N–H and O–H groups in total. The summed E-state index contributed by atoms with van der Waals surface area (Å²) in [4.78, 5) is 21.8. The van der Waals surface area contributed by atoms with Gasteiger partial charge in [-0.05, 0) is 31.3 Å². The van der Waals surface area contributed by atoms with E-state index in [1.807, 2.05) is 61.6 Å². The Hall–Kier alpha value is -3.12. The number of aromatic nitrogens is 2. The number of benzene rings is 2. The first-order chi connectivity index (χ1) is 12.7. The first-order valence-corrected chi connectivity index (χ1v) is 8.47. The number of hydrogen-bond donors (Lipinski definition) is 1. The molecule has 4 aromatic rings. The number of hydrogen-bond acceptors (Lipinski definition) is 5. The lowest BCUT2D eigenvalue weighted by Crippen LogP contribution is -2.26. The maximum absolute atomic E-state index is 12.3. The minimum absolute atomic E-state index is 0.255. The quantitative estimate of drug-likeness (QED) is 0.579. The molecule has 4 rings (SSSR count). The SMILES string of the molecule is CN(CCOc1ccccc1)Cc1nc2c(oc3ccccc32)c(=O)[nH]1. The van der Waals surface area contributed by atoms with Gasteiger partial charge >= 0.3 is 0 Å². The van der Waals surface area contributed by atoms with Gasteiger partial charge in [0.25, 0.3) is 5.56 Å². The largest absolute Gasteiger partial charge is 0.492 e. The number of fused-ring (bicyclic) bond motifs is 3. The van der Waals surface area contributed by atoms with Gasteiger partial charge in [0.1, 0.15) is 29.3 Å². The Balaban J connectivity index is 1.48. The molecule has 0 unspecified atom stereocenters. The van der Waals surface area contributed by atoms with Gasteiger partial charge in [0.2, 0.25) is 5.58 Å². The molecule has 6 nitrogen and oxygen atoms in total. The van der Waals surface area contributed by atoms with Gasteiger partial charge in [-0.3, -0.25) is 9.69 Å². The lowest BCUT2D eigenvalue weighted by Gasteiger charge is -2.16. The van der Waals surface area contributed by atoms with Crippen LogP contribution in [0.2, 0.25) is 0 Å². The highest BCUT2D eigenvalue weighted by molar-refractivity contribution is 6.01. The Kier molecular flexibility index (Phi) is 4.41. The number of furan rings is 1. The molecule has 0 radical (unpaired) electrons. The van der Waals surface area contributed by atoms with Gasteiger partial charge < -0.3 is 14.1 Å². The van der Waals surface area contributed by atoms with Gasteiger partial charge in [0, 0.05) is 11.9 Å². The van der Waals surface area contributed by atoms with Crippen LogP contribution in [0.25, 0.3) is 22.1 Å². The van der Waals surface area contributed by atoms with Crippen LogP contribution in [0, 0.1) is 0 Å². The fraction of sp³-hybridized carbons (Fsp3) is 0.200. The fourth-order valence-electron chi connectivity index (χ4n) is 2.89. The summed E-state index contributed by atoms with van der Waals surface area (Å²) in [5.41, 5.74) is 1.29. The molecule has 132 valence electrons. The number of rotatable bonds is 6. The lowest BCUT2D eigenvalue weighted by atomic mass is 10.2. The van der Waals surface area contributed by atoms with E-state index in [4.69, 9.17) is 9.15 Å². The lowest BCUT2D eigenvalue weighted by molar-refractivity contribution is 0.230. The van der Waals surface area contributed by atoms with Crippen LogP contribution in [0.3, 0.4) is 0 Å². The van der Waals surface area contributed by atoms with E-state index in [2.05, 4.69) is 14.9 Å². The second-order valence-corrected chi connectivity index (χ2v) is 6.19. The van der Waals surface area contributed by atoms with Crippen molar-refractivity contribution in [2.45, 2.75) is 6.54 Å². The molecule has 2 aromatic carbocycles. The average Bonchev–Trinajstić information content (AvgIpc) is 3.02. The third-order valence-electron chi connectivity index (χ3n) is 4.18. The van der Waals surface area contributed by atoms with E-state index in [1.54, 1.807) is 0 Å². The van der Waals surface area contributed by atoms with Crippen molar-refractivity contribution in [1.29, 1.82) is 0 Å². The van der Waals surface area contributed by atoms with Crippen molar-refractivity contribution in [2.75, 3.05) is 20.2 Å². The monoisotopic (exact) mass is 349 g/mol. The van der Waals surface area contributed by atoms with E-state index in [-0.39, 0.29) is 11.1 Å². The zero-order chi connectivity index (χ0) is 17.9. The molecule has 6 heteroatoms. The maximum atomic E-state index is 12.3. The van der Waals surface area contributed by atoms with Crippen LogP contribution in [-0.4, -0.2) is 35.1 Å². The van der Waals surface area contributed by atoms with Crippen molar-refractivity contribution in [1.82, 2.24) is 14.9 Å². The van der Waals surface area contributed by atoms with Crippen molar-refractivity contribution in [3.05, 3.63) is 70.8 Å². The van der Waals surface area contributed by atoms with Crippen molar-refractivity contribution in [2.24, 2.45) is 0 Å². The van der Waals surface area contributed by atoms with Crippen LogP contribution in [0.4, 0.5) is 0 Å². The molecular formula is C20H19N3O3. The molecule has 0 atom stereocenters. The number of nitrogens with zero attached hydrogens (tertiary/aromatic N) is 2. The molecule has 26 heavy (non-hydrogen) atoms. The summed E-state index contributed by atoms with van der Waals surface area (Å²) in [5, 5.41) is 0.852. The molecular weight excluding hydrogens is 330 g/mol. The van der Waals surface area contributed by atoms with Gasteiger partial charge in [0.05, 0.1) is 6.54 Å². The van der Waals surface area contributed by atoms with Gasteiger partial charge in [-0.2, -0.15) is 0 Å². The van der Waals surface area contributed by atoms with E-state index in [9.17, 15) is 4.79 Å². The van der Waals surface area contributed by atoms with E-state index < -0.39 is 0 Å². The summed E-state index contributed by atoms with van der Waals surface area (Å²) in [6, 6.07) is 17.2. The van der Waals surface area contributed by atoms with Crippen LogP contribution in [0.1, 0.15) is 5.82 Å². The second kappa shape index (κ2) is 7.01. The van der Waals surface area contributed by atoms with Gasteiger partial charge in [0.15, 0.2) is 0 Å². The Labute approximate surface area is 150 Å². The van der Waals surface area contributed by atoms with Crippen LogP contribution in [-0.2, 0) is 6.54 Å².